The van der Waals surface area contributed by atoms with E-state index < -0.39 is 42.3 Å². The number of imidazole rings is 1. The minimum absolute atomic E-state index is 0.282. The molecule has 2 aromatic rings. The summed E-state index contributed by atoms with van der Waals surface area (Å²) < 4.78 is 32.4. The molecule has 0 radical (unpaired) electrons. The van der Waals surface area contributed by atoms with Crippen LogP contribution in [-0.2, 0) is 41.6 Å². The molecule has 0 aliphatic carbocycles. The zero-order valence-corrected chi connectivity index (χ0v) is 20.6. The van der Waals surface area contributed by atoms with E-state index in [-0.39, 0.29) is 12.5 Å². The number of ether oxygens (including phenoxy) is 5. The van der Waals surface area contributed by atoms with Gasteiger partial charge in [-0.25, -0.2) is 4.98 Å². The maximum absolute atomic E-state index is 13.4. The summed E-state index contributed by atoms with van der Waals surface area (Å²) in [5.41, 5.74) is 2.00. The summed E-state index contributed by atoms with van der Waals surface area (Å²) >= 11 is 0. The molecule has 186 valence electrons. The van der Waals surface area contributed by atoms with Crippen LogP contribution in [0.1, 0.15) is 59.7 Å². The first kappa shape index (κ1) is 23.7. The first-order chi connectivity index (χ1) is 16.2. The van der Waals surface area contributed by atoms with Crippen LogP contribution in [0.3, 0.4) is 0 Å². The van der Waals surface area contributed by atoms with Gasteiger partial charge in [0.05, 0.1) is 17.6 Å². The number of fused-ring (bicyclic) bond motifs is 4. The van der Waals surface area contributed by atoms with E-state index in [1.165, 1.54) is 0 Å². The molecule has 1 aromatic carbocycles. The number of amides is 1. The molecule has 0 spiro atoms. The van der Waals surface area contributed by atoms with Crippen LogP contribution in [0, 0.1) is 0 Å². The van der Waals surface area contributed by atoms with E-state index in [9.17, 15) is 4.79 Å². The average Bonchev–Trinajstić information content (AvgIpc) is 3.40. The van der Waals surface area contributed by atoms with Crippen molar-refractivity contribution in [2.45, 2.75) is 109 Å². The van der Waals surface area contributed by atoms with Crippen molar-refractivity contribution >= 4 is 16.9 Å². The number of hydrogen-bond donors (Lipinski definition) is 1. The van der Waals surface area contributed by atoms with E-state index in [1.807, 2.05) is 45.9 Å². The highest BCUT2D eigenvalue weighted by Crippen LogP contribution is 2.44. The zero-order chi connectivity index (χ0) is 24.1. The number of hydrogen-bond acceptors (Lipinski definition) is 7. The molecule has 1 aromatic heterocycles. The largest absolute Gasteiger partial charge is 0.347 e. The van der Waals surface area contributed by atoms with E-state index in [4.69, 9.17) is 28.7 Å². The fraction of sp³-hybridized carbons (Fsp3) is 0.680. The van der Waals surface area contributed by atoms with Gasteiger partial charge in [-0.2, -0.15) is 0 Å². The standard InChI is InChI=1S/C25H35N3O6/c1-6-7-10-13-28-16-12-9-8-11-15(16)27-17(28)14-26-22(29)20-18-19(32-24(2,3)31-18)21-23(30-20)34-25(4,5)33-21/h8-9,11-12,18-21,23H,6-7,10,13-14H2,1-5H3,(H,26,29)/t18-,19-,20-,21-,23-/m1/s1. The lowest BCUT2D eigenvalue weighted by molar-refractivity contribution is -0.231. The lowest BCUT2D eigenvalue weighted by Crippen LogP contribution is -2.59. The van der Waals surface area contributed by atoms with Gasteiger partial charge < -0.3 is 33.6 Å². The van der Waals surface area contributed by atoms with Crippen LogP contribution in [0.4, 0.5) is 0 Å². The number of unbranched alkanes of at least 4 members (excludes halogenated alkanes) is 2. The minimum atomic E-state index is -0.886. The molecule has 5 atom stereocenters. The molecule has 0 saturated carbocycles. The fourth-order valence-corrected chi connectivity index (χ4v) is 5.12. The molecule has 0 bridgehead atoms. The number of carbonyl (C=O) groups excluding carboxylic acids is 1. The Morgan fingerprint density at radius 3 is 2.50 bits per heavy atom. The molecule has 4 heterocycles. The van der Waals surface area contributed by atoms with Crippen LogP contribution in [0.2, 0.25) is 0 Å². The van der Waals surface area contributed by atoms with Gasteiger partial charge in [0.25, 0.3) is 5.91 Å². The van der Waals surface area contributed by atoms with Gasteiger partial charge in [0.2, 0.25) is 0 Å². The number of aryl methyl sites for hydroxylation is 1. The first-order valence-electron chi connectivity index (χ1n) is 12.3. The number of para-hydroxylation sites is 2. The molecule has 0 unspecified atom stereocenters. The van der Waals surface area contributed by atoms with Crippen molar-refractivity contribution in [1.29, 1.82) is 0 Å². The van der Waals surface area contributed by atoms with Crippen molar-refractivity contribution in [1.82, 2.24) is 14.9 Å². The summed E-state index contributed by atoms with van der Waals surface area (Å²) in [6.07, 6.45) is 0.223. The van der Waals surface area contributed by atoms with Gasteiger partial charge >= 0.3 is 0 Å². The lowest BCUT2D eigenvalue weighted by Gasteiger charge is -2.36. The normalized spacial score (nSPS) is 31.4. The number of nitrogens with one attached hydrogen (secondary N) is 1. The molecule has 34 heavy (non-hydrogen) atoms. The van der Waals surface area contributed by atoms with Crippen molar-refractivity contribution in [3.63, 3.8) is 0 Å². The average molecular weight is 474 g/mol. The van der Waals surface area contributed by atoms with Crippen molar-refractivity contribution < 1.29 is 28.5 Å². The molecule has 3 saturated heterocycles. The second kappa shape index (κ2) is 8.87. The van der Waals surface area contributed by atoms with Gasteiger partial charge in [0.15, 0.2) is 24.0 Å². The number of carbonyl (C=O) groups is 1. The van der Waals surface area contributed by atoms with Crippen LogP contribution >= 0.6 is 0 Å². The summed E-state index contributed by atoms with van der Waals surface area (Å²) in [4.78, 5) is 18.1. The van der Waals surface area contributed by atoms with Gasteiger partial charge in [-0.3, -0.25) is 4.79 Å². The number of benzene rings is 1. The Bertz CT molecular complexity index is 1050. The van der Waals surface area contributed by atoms with Crippen LogP contribution in [-0.4, -0.2) is 57.7 Å². The predicted octanol–water partition coefficient (Wildman–Crippen LogP) is 3.24. The third-order valence-corrected chi connectivity index (χ3v) is 6.55. The Hall–Kier alpha value is -2.04. The molecule has 5 rings (SSSR count). The number of aromatic nitrogens is 2. The van der Waals surface area contributed by atoms with Gasteiger partial charge in [0.1, 0.15) is 24.1 Å². The lowest BCUT2D eigenvalue weighted by atomic mass is 9.98. The molecule has 9 heteroatoms. The topological polar surface area (TPSA) is 93.1 Å². The van der Waals surface area contributed by atoms with Crippen LogP contribution in [0.5, 0.6) is 0 Å². The van der Waals surface area contributed by atoms with Gasteiger partial charge in [-0.1, -0.05) is 31.9 Å². The monoisotopic (exact) mass is 473 g/mol. The summed E-state index contributed by atoms with van der Waals surface area (Å²) in [6, 6.07) is 8.06. The Kier molecular flexibility index (Phi) is 6.18. The Balaban J connectivity index is 1.33. The second-order valence-electron chi connectivity index (χ2n) is 10.2. The van der Waals surface area contributed by atoms with Crippen molar-refractivity contribution in [2.75, 3.05) is 0 Å². The summed E-state index contributed by atoms with van der Waals surface area (Å²) in [6.45, 7) is 10.6. The highest BCUT2D eigenvalue weighted by molar-refractivity contribution is 5.82. The van der Waals surface area contributed by atoms with Gasteiger partial charge in [-0.05, 0) is 46.2 Å². The van der Waals surface area contributed by atoms with Crippen LogP contribution in [0.25, 0.3) is 11.0 Å². The minimum Gasteiger partial charge on any atom is -0.347 e. The smallest absolute Gasteiger partial charge is 0.252 e. The van der Waals surface area contributed by atoms with E-state index in [1.54, 1.807) is 0 Å². The third-order valence-electron chi connectivity index (χ3n) is 6.55. The molecule has 9 nitrogen and oxygen atoms in total. The van der Waals surface area contributed by atoms with E-state index >= 15 is 0 Å². The quantitative estimate of drug-likeness (QED) is 0.617. The Morgan fingerprint density at radius 1 is 1.00 bits per heavy atom. The SMILES string of the molecule is CCCCCn1c(CNC(=O)[C@@H]2O[C@@H]3OC(C)(C)O[C@@H]3[C@@H]3OC(C)(C)O[C@H]32)nc2ccccc21. The molecule has 3 fully saturated rings. The highest BCUT2D eigenvalue weighted by atomic mass is 16.9. The second-order valence-corrected chi connectivity index (χ2v) is 10.2. The van der Waals surface area contributed by atoms with E-state index in [2.05, 4.69) is 22.9 Å². The van der Waals surface area contributed by atoms with Crippen molar-refractivity contribution in [2.24, 2.45) is 0 Å². The third kappa shape index (κ3) is 4.47. The summed E-state index contributed by atoms with van der Waals surface area (Å²) in [7, 11) is 0. The van der Waals surface area contributed by atoms with Gasteiger partial charge in [0, 0.05) is 6.54 Å². The molecular formula is C25H35N3O6. The summed E-state index contributed by atoms with van der Waals surface area (Å²) in [5, 5.41) is 3.02. The van der Waals surface area contributed by atoms with E-state index in [0.29, 0.717) is 0 Å². The fourth-order valence-electron chi connectivity index (χ4n) is 5.12. The zero-order valence-electron chi connectivity index (χ0n) is 20.6. The maximum atomic E-state index is 13.4. The van der Waals surface area contributed by atoms with Gasteiger partial charge in [-0.15, -0.1) is 0 Å². The molecule has 1 amide bonds. The van der Waals surface area contributed by atoms with Crippen LogP contribution in [0.15, 0.2) is 24.3 Å². The Morgan fingerprint density at radius 2 is 1.71 bits per heavy atom. The van der Waals surface area contributed by atoms with Crippen LogP contribution < -0.4 is 5.32 Å². The first-order valence-corrected chi connectivity index (χ1v) is 12.3. The predicted molar refractivity (Wildman–Crippen MR) is 124 cm³/mol. The highest BCUT2D eigenvalue weighted by Gasteiger charge is 2.62. The molecule has 3 aliphatic heterocycles. The molecule has 3 aliphatic rings. The van der Waals surface area contributed by atoms with Crippen molar-refractivity contribution in [3.05, 3.63) is 30.1 Å². The summed E-state index contributed by atoms with van der Waals surface area (Å²) in [5.74, 6) is -1.14. The molecular weight excluding hydrogens is 438 g/mol. The number of rotatable bonds is 7. The van der Waals surface area contributed by atoms with E-state index in [0.717, 1.165) is 42.7 Å². The van der Waals surface area contributed by atoms with Crippen molar-refractivity contribution in [3.8, 4) is 0 Å². The number of nitrogens with zero attached hydrogens (tertiary/aromatic N) is 2. The Labute approximate surface area is 200 Å². The maximum Gasteiger partial charge on any atom is 0.252 e. The molecule has 1 N–H and O–H groups in total.